The molecule has 0 unspecified atom stereocenters. The lowest BCUT2D eigenvalue weighted by Crippen LogP contribution is -1.94. The fourth-order valence-electron chi connectivity index (χ4n) is 1.38. The van der Waals surface area contributed by atoms with Gasteiger partial charge in [0.1, 0.15) is 0 Å². The van der Waals surface area contributed by atoms with Crippen LogP contribution in [-0.2, 0) is 5.75 Å². The van der Waals surface area contributed by atoms with Gasteiger partial charge in [0.25, 0.3) is 11.1 Å². The number of nitrogens with zero attached hydrogens (tertiary/aromatic N) is 3. The number of carbonyl (C=O) groups is 1. The number of hydrogen-bond donors (Lipinski definition) is 1. The monoisotopic (exact) mass is 325 g/mol. The van der Waals surface area contributed by atoms with Gasteiger partial charge in [-0.1, -0.05) is 17.8 Å². The van der Waals surface area contributed by atoms with E-state index in [2.05, 4.69) is 15.2 Å². The Hall–Kier alpha value is -1.71. The van der Waals surface area contributed by atoms with E-state index in [0.717, 1.165) is 16.2 Å². The quantitative estimate of drug-likeness (QED) is 0.720. The van der Waals surface area contributed by atoms with E-state index in [4.69, 9.17) is 9.52 Å². The second kappa shape index (κ2) is 5.73. The van der Waals surface area contributed by atoms with Crippen molar-refractivity contribution in [1.82, 2.24) is 15.2 Å². The Kier molecular flexibility index (Phi) is 3.81. The van der Waals surface area contributed by atoms with Gasteiger partial charge in [-0.15, -0.1) is 32.9 Å². The Morgan fingerprint density at radius 3 is 3.00 bits per heavy atom. The molecular formula is C11H7N3O3S3. The number of aromatic nitrogens is 3. The third kappa shape index (κ3) is 2.89. The minimum atomic E-state index is -1.01. The van der Waals surface area contributed by atoms with Crippen molar-refractivity contribution in [3.63, 3.8) is 0 Å². The molecule has 0 spiro atoms. The molecule has 0 bridgehead atoms. The zero-order chi connectivity index (χ0) is 13.9. The van der Waals surface area contributed by atoms with Crippen LogP contribution in [0, 0.1) is 0 Å². The molecule has 0 saturated heterocycles. The highest BCUT2D eigenvalue weighted by molar-refractivity contribution is 7.98. The lowest BCUT2D eigenvalue weighted by atomic mass is 10.5. The summed E-state index contributed by atoms with van der Waals surface area (Å²) in [6.45, 7) is 0. The Balaban J connectivity index is 1.65. The summed E-state index contributed by atoms with van der Waals surface area (Å²) in [5, 5.41) is 20.9. The number of thioether (sulfide) groups is 1. The molecule has 6 nitrogen and oxygen atoms in total. The fraction of sp³-hybridized carbons (Fsp3) is 0.0909. The Bertz CT molecular complexity index is 720. The van der Waals surface area contributed by atoms with Gasteiger partial charge in [-0.2, -0.15) is 0 Å². The predicted molar refractivity (Wildman–Crippen MR) is 76.2 cm³/mol. The molecule has 3 rings (SSSR count). The number of aromatic carboxylic acids is 1. The Morgan fingerprint density at radius 1 is 1.40 bits per heavy atom. The molecule has 0 saturated carbocycles. The second-order valence-electron chi connectivity index (χ2n) is 3.59. The van der Waals surface area contributed by atoms with Gasteiger partial charge in [0.05, 0.1) is 10.6 Å². The highest BCUT2D eigenvalue weighted by Gasteiger charge is 2.12. The average molecular weight is 325 g/mol. The van der Waals surface area contributed by atoms with Crippen LogP contribution in [-0.4, -0.2) is 26.3 Å². The van der Waals surface area contributed by atoms with Crippen molar-refractivity contribution in [1.29, 1.82) is 0 Å². The van der Waals surface area contributed by atoms with Crippen molar-refractivity contribution in [2.24, 2.45) is 0 Å². The Morgan fingerprint density at radius 2 is 2.30 bits per heavy atom. The van der Waals surface area contributed by atoms with Gasteiger partial charge >= 0.3 is 5.97 Å². The first-order chi connectivity index (χ1) is 9.72. The minimum Gasteiger partial charge on any atom is -0.476 e. The summed E-state index contributed by atoms with van der Waals surface area (Å²) in [6, 6.07) is 3.83. The van der Waals surface area contributed by atoms with Gasteiger partial charge in [-0.3, -0.25) is 0 Å². The molecule has 0 aliphatic heterocycles. The van der Waals surface area contributed by atoms with Crippen LogP contribution in [0.4, 0.5) is 0 Å². The van der Waals surface area contributed by atoms with Gasteiger partial charge in [0.15, 0.2) is 0 Å². The summed E-state index contributed by atoms with van der Waals surface area (Å²) < 4.78 is 5.51. The zero-order valence-corrected chi connectivity index (χ0v) is 12.3. The molecule has 0 aromatic carbocycles. The van der Waals surface area contributed by atoms with E-state index in [-0.39, 0.29) is 5.01 Å². The van der Waals surface area contributed by atoms with Crippen LogP contribution in [0.1, 0.15) is 15.5 Å². The first-order valence-corrected chi connectivity index (χ1v) is 8.15. The van der Waals surface area contributed by atoms with E-state index < -0.39 is 5.97 Å². The number of hydrogen-bond acceptors (Lipinski definition) is 8. The standard InChI is InChI=1S/C11H7N3O3S3/c15-10(16)9-12-6(4-19-9)5-20-11-14-13-8(17-11)7-2-1-3-18-7/h1-4H,5H2,(H,15,16). The molecule has 0 aliphatic rings. The van der Waals surface area contributed by atoms with Crippen molar-refractivity contribution < 1.29 is 14.3 Å². The number of carboxylic acid groups (broad SMARTS) is 1. The van der Waals surface area contributed by atoms with Crippen LogP contribution in [0.3, 0.4) is 0 Å². The van der Waals surface area contributed by atoms with E-state index in [0.29, 0.717) is 22.6 Å². The maximum atomic E-state index is 10.7. The van der Waals surface area contributed by atoms with Crippen molar-refractivity contribution in [2.75, 3.05) is 0 Å². The third-order valence-electron chi connectivity index (χ3n) is 2.22. The molecule has 0 radical (unpaired) electrons. The molecule has 102 valence electrons. The van der Waals surface area contributed by atoms with Gasteiger partial charge < -0.3 is 9.52 Å². The summed E-state index contributed by atoms with van der Waals surface area (Å²) in [5.74, 6) is -0.0217. The SMILES string of the molecule is O=C(O)c1nc(CSc2nnc(-c3cccs3)o2)cs1. The van der Waals surface area contributed by atoms with Crippen LogP contribution in [0.2, 0.25) is 0 Å². The average Bonchev–Trinajstić information content (AvgIpc) is 3.17. The first kappa shape index (κ1) is 13.3. The minimum absolute atomic E-state index is 0.0883. The summed E-state index contributed by atoms with van der Waals surface area (Å²) in [6.07, 6.45) is 0. The van der Waals surface area contributed by atoms with Crippen LogP contribution >= 0.6 is 34.4 Å². The van der Waals surface area contributed by atoms with Gasteiger partial charge in [-0.25, -0.2) is 9.78 Å². The topological polar surface area (TPSA) is 89.1 Å². The van der Waals surface area contributed by atoms with Crippen LogP contribution in [0.25, 0.3) is 10.8 Å². The second-order valence-corrected chi connectivity index (χ2v) is 6.32. The highest BCUT2D eigenvalue weighted by Crippen LogP contribution is 2.28. The van der Waals surface area contributed by atoms with Crippen LogP contribution in [0.5, 0.6) is 0 Å². The molecule has 3 heterocycles. The van der Waals surface area contributed by atoms with E-state index in [9.17, 15) is 4.79 Å². The molecule has 0 fully saturated rings. The summed E-state index contributed by atoms with van der Waals surface area (Å²) in [7, 11) is 0. The van der Waals surface area contributed by atoms with Gasteiger partial charge in [0.2, 0.25) is 5.01 Å². The van der Waals surface area contributed by atoms with Crippen LogP contribution in [0.15, 0.2) is 32.5 Å². The number of thiophene rings is 1. The molecule has 1 N–H and O–H groups in total. The van der Waals surface area contributed by atoms with Crippen LogP contribution < -0.4 is 0 Å². The maximum absolute atomic E-state index is 10.7. The third-order valence-corrected chi connectivity index (χ3v) is 4.81. The summed E-state index contributed by atoms with van der Waals surface area (Å²) in [4.78, 5) is 15.6. The largest absolute Gasteiger partial charge is 0.476 e. The molecule has 0 amide bonds. The maximum Gasteiger partial charge on any atom is 0.365 e. The molecule has 0 atom stereocenters. The van der Waals surface area contributed by atoms with Gasteiger partial charge in [-0.05, 0) is 11.4 Å². The highest BCUT2D eigenvalue weighted by atomic mass is 32.2. The normalized spacial score (nSPS) is 10.8. The first-order valence-electron chi connectivity index (χ1n) is 5.40. The molecule has 0 aliphatic carbocycles. The van der Waals surface area contributed by atoms with Gasteiger partial charge in [0, 0.05) is 11.1 Å². The molecule has 9 heteroatoms. The zero-order valence-electron chi connectivity index (χ0n) is 9.85. The lowest BCUT2D eigenvalue weighted by molar-refractivity contribution is 0.0696. The summed E-state index contributed by atoms with van der Waals surface area (Å²) in [5.41, 5.74) is 0.688. The number of rotatable bonds is 5. The predicted octanol–water partition coefficient (Wildman–Crippen LogP) is 3.25. The molecule has 20 heavy (non-hydrogen) atoms. The number of carboxylic acids is 1. The van der Waals surface area contributed by atoms with E-state index in [1.165, 1.54) is 23.1 Å². The van der Waals surface area contributed by atoms with E-state index in [1.807, 2.05) is 17.5 Å². The smallest absolute Gasteiger partial charge is 0.365 e. The fourth-order valence-corrected chi connectivity index (χ4v) is 3.43. The van der Waals surface area contributed by atoms with Crippen molar-refractivity contribution in [3.05, 3.63) is 33.6 Å². The molecular weight excluding hydrogens is 318 g/mol. The van der Waals surface area contributed by atoms with E-state index >= 15 is 0 Å². The molecule has 3 aromatic rings. The number of thiazole rings is 1. The van der Waals surface area contributed by atoms with E-state index in [1.54, 1.807) is 5.38 Å². The van der Waals surface area contributed by atoms with Crippen molar-refractivity contribution in [2.45, 2.75) is 11.0 Å². The van der Waals surface area contributed by atoms with Crippen molar-refractivity contribution in [3.8, 4) is 10.8 Å². The summed E-state index contributed by atoms with van der Waals surface area (Å²) >= 11 is 3.97. The lowest BCUT2D eigenvalue weighted by Gasteiger charge is -1.91. The Labute approximate surface area is 125 Å². The molecule has 3 aromatic heterocycles. The van der Waals surface area contributed by atoms with Crippen molar-refractivity contribution >= 4 is 40.4 Å².